The van der Waals surface area contributed by atoms with Crippen molar-refractivity contribution in [1.29, 1.82) is 0 Å². The molecule has 0 aromatic carbocycles. The van der Waals surface area contributed by atoms with Crippen LogP contribution in [0.15, 0.2) is 0 Å². The molecule has 20 unspecified atom stereocenters. The molecular formula is C24H26. The molecule has 12 aliphatic rings. The van der Waals surface area contributed by atoms with Gasteiger partial charge in [-0.15, -0.1) is 0 Å². The van der Waals surface area contributed by atoms with E-state index in [0.717, 1.165) is 10.8 Å². The summed E-state index contributed by atoms with van der Waals surface area (Å²) in [5, 5.41) is 0. The number of hydrogen-bond acceptors (Lipinski definition) is 0. The minimum Gasteiger partial charge on any atom is -0.0467 e. The summed E-state index contributed by atoms with van der Waals surface area (Å²) in [5.74, 6) is 23.5. The predicted molar refractivity (Wildman–Crippen MR) is 86.2 cm³/mol. The van der Waals surface area contributed by atoms with Crippen molar-refractivity contribution in [1.82, 2.24) is 0 Å². The predicted octanol–water partition coefficient (Wildman–Crippen LogP) is 3.77. The van der Waals surface area contributed by atoms with Crippen LogP contribution >= 0.6 is 0 Å². The standard InChI is InChI=1S/C24H26/c1-5-2-8-9-3-6-4-10-13-14-17(19(13)23(6,9)10)22-18(14)21-16-12-7(1)11(5)15(12)20(16)24(8,21)22/h5-22H,1-4H2. The smallest absolute Gasteiger partial charge is 0.0164 e. The van der Waals surface area contributed by atoms with Crippen molar-refractivity contribution in [3.8, 4) is 0 Å². The lowest BCUT2D eigenvalue weighted by atomic mass is 9.05. The SMILES string of the molecule is C1C2CC3C4CC5CC6C7C8C(C7C564)C4C8C5C6C7C1C2C7C6C345. The van der Waals surface area contributed by atoms with Crippen molar-refractivity contribution in [2.45, 2.75) is 25.7 Å². The van der Waals surface area contributed by atoms with Crippen LogP contribution < -0.4 is 0 Å². The van der Waals surface area contributed by atoms with E-state index >= 15 is 0 Å². The second-order valence-electron chi connectivity index (χ2n) is 13.6. The van der Waals surface area contributed by atoms with Crippen LogP contribution in [0.2, 0.25) is 0 Å². The first-order valence-electron chi connectivity index (χ1n) is 11.9. The third kappa shape index (κ3) is 0.495. The second kappa shape index (κ2) is 2.27. The highest BCUT2D eigenvalue weighted by Gasteiger charge is 3.03. The van der Waals surface area contributed by atoms with Gasteiger partial charge in [-0.05, 0) is 143 Å². The van der Waals surface area contributed by atoms with Crippen LogP contribution in [0.1, 0.15) is 25.7 Å². The molecule has 0 nitrogen and oxygen atoms in total. The van der Waals surface area contributed by atoms with Crippen molar-refractivity contribution in [3.05, 3.63) is 0 Å². The van der Waals surface area contributed by atoms with Crippen LogP contribution in [0, 0.1) is 117 Å². The maximum atomic E-state index is 1.77. The summed E-state index contributed by atoms with van der Waals surface area (Å²) < 4.78 is 0. The molecule has 12 fully saturated rings. The number of rotatable bonds is 0. The normalized spacial score (nSPS) is 101. The van der Waals surface area contributed by atoms with Gasteiger partial charge in [0.2, 0.25) is 0 Å². The molecule has 0 amide bonds. The zero-order chi connectivity index (χ0) is 14.2. The van der Waals surface area contributed by atoms with E-state index in [2.05, 4.69) is 0 Å². The van der Waals surface area contributed by atoms with Crippen LogP contribution in [-0.2, 0) is 0 Å². The molecule has 12 aliphatic carbocycles. The first-order chi connectivity index (χ1) is 11.9. The average Bonchev–Trinajstić information content (AvgIpc) is 2.64. The fourth-order valence-corrected chi connectivity index (χ4v) is 16.3. The molecule has 0 aromatic rings. The molecule has 0 heterocycles. The fraction of sp³-hybridized carbons (Fsp3) is 1.00. The van der Waals surface area contributed by atoms with Crippen LogP contribution in [0.4, 0.5) is 0 Å². The minimum absolute atomic E-state index is 1.02. The Kier molecular flexibility index (Phi) is 0.981. The lowest BCUT2D eigenvalue weighted by Crippen LogP contribution is -2.96. The summed E-state index contributed by atoms with van der Waals surface area (Å²) in [5.41, 5.74) is 2.05. The van der Waals surface area contributed by atoms with E-state index in [9.17, 15) is 0 Å². The van der Waals surface area contributed by atoms with E-state index in [0.29, 0.717) is 0 Å². The zero-order valence-electron chi connectivity index (χ0n) is 14.2. The van der Waals surface area contributed by atoms with E-state index in [-0.39, 0.29) is 0 Å². The van der Waals surface area contributed by atoms with Gasteiger partial charge in [0.15, 0.2) is 0 Å². The number of fused-ring (bicyclic) bond motifs is 8. The van der Waals surface area contributed by atoms with Gasteiger partial charge in [0, 0.05) is 0 Å². The summed E-state index contributed by atoms with van der Waals surface area (Å²) in [6.45, 7) is 0. The Labute approximate surface area is 143 Å². The van der Waals surface area contributed by atoms with Crippen LogP contribution in [0.3, 0.4) is 0 Å². The largest absolute Gasteiger partial charge is 0.0467 e. The van der Waals surface area contributed by atoms with Gasteiger partial charge in [0.25, 0.3) is 0 Å². The molecule has 0 radical (unpaired) electrons. The second-order valence-corrected chi connectivity index (χ2v) is 13.6. The molecule has 0 aliphatic heterocycles. The maximum absolute atomic E-state index is 1.77. The molecule has 2 spiro atoms. The summed E-state index contributed by atoms with van der Waals surface area (Å²) in [6.07, 6.45) is 6.94. The Balaban J connectivity index is 1.20. The molecule has 0 heteroatoms. The maximum Gasteiger partial charge on any atom is -0.0164 e. The summed E-state index contributed by atoms with van der Waals surface area (Å²) in [7, 11) is 0. The lowest BCUT2D eigenvalue weighted by Gasteiger charge is -2.99. The molecule has 0 saturated heterocycles. The molecular weight excluding hydrogens is 288 g/mol. The minimum atomic E-state index is 1.02. The van der Waals surface area contributed by atoms with Gasteiger partial charge in [-0.25, -0.2) is 0 Å². The van der Waals surface area contributed by atoms with E-state index in [1.807, 2.05) is 0 Å². The summed E-state index contributed by atoms with van der Waals surface area (Å²) >= 11 is 0. The fourth-order valence-electron chi connectivity index (χ4n) is 16.3. The van der Waals surface area contributed by atoms with E-state index in [1.54, 1.807) is 25.7 Å². The molecule has 0 bridgehead atoms. The summed E-state index contributed by atoms with van der Waals surface area (Å²) in [6, 6.07) is 0. The zero-order valence-corrected chi connectivity index (χ0v) is 14.2. The monoisotopic (exact) mass is 314 g/mol. The van der Waals surface area contributed by atoms with Gasteiger partial charge >= 0.3 is 0 Å². The molecule has 20 atom stereocenters. The topological polar surface area (TPSA) is 0 Å². The molecule has 12 rings (SSSR count). The highest BCUT2D eigenvalue weighted by molar-refractivity contribution is 5.49. The van der Waals surface area contributed by atoms with Gasteiger partial charge in [0.1, 0.15) is 0 Å². The average molecular weight is 314 g/mol. The lowest BCUT2D eigenvalue weighted by molar-refractivity contribution is -0.525. The van der Waals surface area contributed by atoms with Crippen LogP contribution in [-0.4, -0.2) is 0 Å². The van der Waals surface area contributed by atoms with Gasteiger partial charge in [-0.3, -0.25) is 0 Å². The van der Waals surface area contributed by atoms with Gasteiger partial charge < -0.3 is 0 Å². The first-order valence-corrected chi connectivity index (χ1v) is 11.9. The van der Waals surface area contributed by atoms with Crippen molar-refractivity contribution < 1.29 is 0 Å². The van der Waals surface area contributed by atoms with Gasteiger partial charge in [0.05, 0.1) is 0 Å². The highest BCUT2D eigenvalue weighted by atomic mass is 15.1. The Morgan fingerprint density at radius 2 is 1.17 bits per heavy atom. The highest BCUT2D eigenvalue weighted by Crippen LogP contribution is 3.06. The molecule has 0 N–H and O–H groups in total. The Hall–Kier alpha value is 0. The Morgan fingerprint density at radius 1 is 0.458 bits per heavy atom. The summed E-state index contributed by atoms with van der Waals surface area (Å²) in [4.78, 5) is 0. The van der Waals surface area contributed by atoms with Gasteiger partial charge in [-0.1, -0.05) is 0 Å². The van der Waals surface area contributed by atoms with Crippen molar-refractivity contribution in [2.24, 2.45) is 117 Å². The van der Waals surface area contributed by atoms with E-state index < -0.39 is 0 Å². The molecule has 12 saturated carbocycles. The van der Waals surface area contributed by atoms with Crippen molar-refractivity contribution >= 4 is 0 Å². The van der Waals surface area contributed by atoms with Crippen LogP contribution in [0.5, 0.6) is 0 Å². The van der Waals surface area contributed by atoms with E-state index in [1.165, 1.54) is 107 Å². The van der Waals surface area contributed by atoms with E-state index in [4.69, 9.17) is 0 Å². The third-order valence-electron chi connectivity index (χ3n) is 15.6. The van der Waals surface area contributed by atoms with Crippen LogP contribution in [0.25, 0.3) is 0 Å². The Morgan fingerprint density at radius 3 is 2.04 bits per heavy atom. The van der Waals surface area contributed by atoms with Gasteiger partial charge in [-0.2, -0.15) is 0 Å². The van der Waals surface area contributed by atoms with Crippen molar-refractivity contribution in [2.75, 3.05) is 0 Å². The first kappa shape index (κ1) is 10.4. The molecule has 122 valence electrons. The molecule has 0 aromatic heterocycles. The quantitative estimate of drug-likeness (QED) is 0.638. The van der Waals surface area contributed by atoms with Crippen molar-refractivity contribution in [3.63, 3.8) is 0 Å². The third-order valence-corrected chi connectivity index (χ3v) is 15.6. The Bertz CT molecular complexity index is 858. The molecule has 24 heavy (non-hydrogen) atoms. The number of hydrogen-bond donors (Lipinski definition) is 0.